The fraction of sp³-hybridized carbons (Fsp3) is 1.00. The van der Waals surface area contributed by atoms with Gasteiger partial charge in [-0.25, -0.2) is 0 Å². The van der Waals surface area contributed by atoms with E-state index in [0.717, 1.165) is 0 Å². The van der Waals surface area contributed by atoms with Gasteiger partial charge in [0, 0.05) is 0 Å². The van der Waals surface area contributed by atoms with Gasteiger partial charge in [0.1, 0.15) is 0 Å². The number of rotatable bonds is 4. The van der Waals surface area contributed by atoms with E-state index in [2.05, 4.69) is 27.7 Å². The van der Waals surface area contributed by atoms with Crippen LogP contribution in [0.5, 0.6) is 0 Å². The molecule has 0 aromatic heterocycles. The van der Waals surface area contributed by atoms with E-state index in [4.69, 9.17) is 0 Å². The molecule has 0 radical (unpaired) electrons. The molecule has 0 rings (SSSR count). The standard InChI is InChI=1S/C8H20N.BrH.Na.H2O/c1-5-9(6-2,7-3)8-4;;;/h5-8H2,1-4H3;1H;;1H2/q+1;;+1;/p-2. The van der Waals surface area contributed by atoms with Crippen LogP contribution in [0.1, 0.15) is 27.7 Å². The van der Waals surface area contributed by atoms with Crippen LogP contribution in [0.3, 0.4) is 0 Å². The summed E-state index contributed by atoms with van der Waals surface area (Å²) in [6.45, 7) is 14.2. The first-order chi connectivity index (χ1) is 4.24. The van der Waals surface area contributed by atoms with Gasteiger partial charge in [-0.3, -0.25) is 0 Å². The van der Waals surface area contributed by atoms with E-state index in [9.17, 15) is 0 Å². The molecular formula is C8H21BrNNaO. The largest absolute Gasteiger partial charge is 1.00 e. The molecule has 0 aliphatic carbocycles. The van der Waals surface area contributed by atoms with E-state index < -0.39 is 0 Å². The SMILES string of the molecule is CC[N+](CC)(CC)CC.[Br-].[Na+].[OH-]. The molecule has 0 saturated heterocycles. The summed E-state index contributed by atoms with van der Waals surface area (Å²) in [6.07, 6.45) is 0. The van der Waals surface area contributed by atoms with Crippen molar-refractivity contribution in [2.75, 3.05) is 26.2 Å². The minimum Gasteiger partial charge on any atom is -1.00 e. The second-order valence-corrected chi connectivity index (χ2v) is 2.61. The van der Waals surface area contributed by atoms with E-state index in [-0.39, 0.29) is 52.0 Å². The average Bonchev–Trinajstić information content (AvgIpc) is 1.95. The van der Waals surface area contributed by atoms with Crippen molar-refractivity contribution in [2.45, 2.75) is 27.7 Å². The number of nitrogens with zero attached hydrogens (tertiary/aromatic N) is 1. The van der Waals surface area contributed by atoms with Gasteiger partial charge in [-0.05, 0) is 27.7 Å². The molecule has 0 spiro atoms. The van der Waals surface area contributed by atoms with Crippen LogP contribution in [-0.4, -0.2) is 36.1 Å². The van der Waals surface area contributed by atoms with Gasteiger partial charge in [-0.1, -0.05) is 0 Å². The van der Waals surface area contributed by atoms with Crippen LogP contribution in [0.25, 0.3) is 0 Å². The van der Waals surface area contributed by atoms with Gasteiger partial charge in [0.25, 0.3) is 0 Å². The van der Waals surface area contributed by atoms with Crippen LogP contribution in [0, 0.1) is 0 Å². The minimum atomic E-state index is 0. The van der Waals surface area contributed by atoms with Crippen LogP contribution >= 0.6 is 0 Å². The normalized spacial score (nSPS) is 9.00. The van der Waals surface area contributed by atoms with Crippen LogP contribution < -0.4 is 46.5 Å². The van der Waals surface area contributed by atoms with Crippen molar-refractivity contribution in [3.05, 3.63) is 0 Å². The molecule has 0 aromatic carbocycles. The van der Waals surface area contributed by atoms with Crippen molar-refractivity contribution in [1.29, 1.82) is 0 Å². The summed E-state index contributed by atoms with van der Waals surface area (Å²) in [5, 5.41) is 0. The molecule has 12 heavy (non-hydrogen) atoms. The summed E-state index contributed by atoms with van der Waals surface area (Å²) >= 11 is 0. The first-order valence-corrected chi connectivity index (χ1v) is 4.09. The van der Waals surface area contributed by atoms with Gasteiger partial charge in [0.2, 0.25) is 0 Å². The van der Waals surface area contributed by atoms with E-state index >= 15 is 0 Å². The summed E-state index contributed by atoms with van der Waals surface area (Å²) in [5.74, 6) is 0. The maximum atomic E-state index is 2.27. The second-order valence-electron chi connectivity index (χ2n) is 2.61. The van der Waals surface area contributed by atoms with Crippen LogP contribution in [0.4, 0.5) is 0 Å². The topological polar surface area (TPSA) is 30.0 Å². The molecule has 0 atom stereocenters. The zero-order chi connectivity index (χ0) is 7.33. The van der Waals surface area contributed by atoms with E-state index in [1.54, 1.807) is 0 Å². The molecule has 0 aliphatic rings. The Kier molecular flexibility index (Phi) is 24.1. The minimum absolute atomic E-state index is 0. The van der Waals surface area contributed by atoms with E-state index in [0.29, 0.717) is 0 Å². The average molecular weight is 250 g/mol. The van der Waals surface area contributed by atoms with Crippen molar-refractivity contribution in [3.8, 4) is 0 Å². The Balaban J connectivity index is -0.000000107. The second kappa shape index (κ2) is 12.4. The van der Waals surface area contributed by atoms with Gasteiger partial charge >= 0.3 is 29.6 Å². The van der Waals surface area contributed by atoms with Gasteiger partial charge in [-0.2, -0.15) is 0 Å². The Morgan fingerprint density at radius 1 is 0.750 bits per heavy atom. The van der Waals surface area contributed by atoms with Crippen LogP contribution in [0.15, 0.2) is 0 Å². The molecule has 0 aromatic rings. The molecular weight excluding hydrogens is 229 g/mol. The number of hydrogen-bond donors (Lipinski definition) is 0. The molecule has 4 heteroatoms. The van der Waals surface area contributed by atoms with Crippen molar-refractivity contribution in [3.63, 3.8) is 0 Å². The molecule has 0 amide bonds. The summed E-state index contributed by atoms with van der Waals surface area (Å²) < 4.78 is 1.28. The molecule has 2 nitrogen and oxygen atoms in total. The molecule has 0 aliphatic heterocycles. The predicted octanol–water partition coefficient (Wildman–Crippen LogP) is -4.29. The first-order valence-electron chi connectivity index (χ1n) is 4.09. The smallest absolute Gasteiger partial charge is 1.00 e. The molecule has 72 valence electrons. The number of quaternary nitrogens is 1. The maximum absolute atomic E-state index is 2.27. The Morgan fingerprint density at radius 2 is 0.917 bits per heavy atom. The monoisotopic (exact) mass is 249 g/mol. The van der Waals surface area contributed by atoms with Crippen LogP contribution in [-0.2, 0) is 0 Å². The maximum Gasteiger partial charge on any atom is 1.00 e. The molecule has 0 heterocycles. The Bertz CT molecular complexity index is 61.9. The fourth-order valence-corrected chi connectivity index (χ4v) is 1.34. The van der Waals surface area contributed by atoms with Crippen LogP contribution in [0.2, 0.25) is 0 Å². The first kappa shape index (κ1) is 23.3. The Hall–Kier alpha value is 1.40. The van der Waals surface area contributed by atoms with Crippen molar-refractivity contribution in [2.24, 2.45) is 0 Å². The van der Waals surface area contributed by atoms with E-state index in [1.165, 1.54) is 30.7 Å². The fourth-order valence-electron chi connectivity index (χ4n) is 1.34. The van der Waals surface area contributed by atoms with Gasteiger partial charge in [-0.15, -0.1) is 0 Å². The van der Waals surface area contributed by atoms with Gasteiger partial charge < -0.3 is 26.9 Å². The summed E-state index contributed by atoms with van der Waals surface area (Å²) in [4.78, 5) is 0. The molecule has 0 saturated carbocycles. The summed E-state index contributed by atoms with van der Waals surface area (Å²) in [5.41, 5.74) is 0. The molecule has 1 N–H and O–H groups in total. The van der Waals surface area contributed by atoms with Gasteiger partial charge in [0.05, 0.1) is 26.2 Å². The van der Waals surface area contributed by atoms with Crippen molar-refractivity contribution >= 4 is 0 Å². The third-order valence-electron chi connectivity index (χ3n) is 2.68. The number of halogens is 1. The van der Waals surface area contributed by atoms with E-state index in [1.807, 2.05) is 0 Å². The molecule has 0 fully saturated rings. The van der Waals surface area contributed by atoms with Crippen molar-refractivity contribution in [1.82, 2.24) is 0 Å². The molecule has 0 bridgehead atoms. The van der Waals surface area contributed by atoms with Gasteiger partial charge in [0.15, 0.2) is 0 Å². The zero-order valence-electron chi connectivity index (χ0n) is 9.10. The summed E-state index contributed by atoms with van der Waals surface area (Å²) in [6, 6.07) is 0. The third-order valence-corrected chi connectivity index (χ3v) is 2.68. The quantitative estimate of drug-likeness (QED) is 0.367. The Morgan fingerprint density at radius 3 is 0.917 bits per heavy atom. The van der Waals surface area contributed by atoms with Crippen molar-refractivity contribution < 1.29 is 56.5 Å². The molecule has 0 unspecified atom stereocenters. The predicted molar refractivity (Wildman–Crippen MR) is 44.4 cm³/mol. The third kappa shape index (κ3) is 6.87. The zero-order valence-corrected chi connectivity index (χ0v) is 12.7. The summed E-state index contributed by atoms with van der Waals surface area (Å²) in [7, 11) is 0. The number of hydrogen-bond acceptors (Lipinski definition) is 1. The Labute approximate surface area is 110 Å².